The van der Waals surface area contributed by atoms with Crippen LogP contribution in [-0.4, -0.2) is 32.4 Å². The molecule has 0 heterocycles. The number of aliphatic imine (C=N–C) groups is 1. The number of hydrogen-bond acceptors (Lipinski definition) is 5. The summed E-state index contributed by atoms with van der Waals surface area (Å²) in [6.07, 6.45) is 1.76. The lowest BCUT2D eigenvalue weighted by Gasteiger charge is -2.13. The Balaban J connectivity index is 1.67. The minimum Gasteiger partial charge on any atom is -0.494 e. The number of carbonyl (C=O) groups excluding carboxylic acids is 1. The first-order chi connectivity index (χ1) is 15.5. The molecule has 0 saturated carbocycles. The third-order valence-corrected chi connectivity index (χ3v) is 5.21. The molecule has 0 aliphatic carbocycles. The van der Waals surface area contributed by atoms with Crippen molar-refractivity contribution in [3.8, 4) is 17.2 Å². The van der Waals surface area contributed by atoms with Crippen LogP contribution in [-0.2, 0) is 4.79 Å². The number of halogens is 1. The zero-order chi connectivity index (χ0) is 22.9. The minimum absolute atomic E-state index is 0.125. The summed E-state index contributed by atoms with van der Waals surface area (Å²) >= 11 is 2.16. The maximum atomic E-state index is 12.3. The first-order valence-electron chi connectivity index (χ1n) is 10.1. The molecule has 3 aromatic rings. The molecule has 32 heavy (non-hydrogen) atoms. The maximum Gasteiger partial charge on any atom is 0.262 e. The van der Waals surface area contributed by atoms with Crippen molar-refractivity contribution in [1.82, 2.24) is 0 Å². The topological polar surface area (TPSA) is 69.2 Å². The van der Waals surface area contributed by atoms with Gasteiger partial charge in [-0.1, -0.05) is 12.1 Å². The molecule has 1 amide bonds. The highest BCUT2D eigenvalue weighted by Crippen LogP contribution is 2.33. The van der Waals surface area contributed by atoms with Gasteiger partial charge in [-0.05, 0) is 96.1 Å². The van der Waals surface area contributed by atoms with Crippen LogP contribution in [0.5, 0.6) is 17.2 Å². The highest BCUT2D eigenvalue weighted by atomic mass is 127. The average Bonchev–Trinajstić information content (AvgIpc) is 2.77. The Kier molecular flexibility index (Phi) is 8.49. The third kappa shape index (κ3) is 6.71. The van der Waals surface area contributed by atoms with E-state index in [1.54, 1.807) is 13.3 Å². The number of ether oxygens (including phenoxy) is 3. The van der Waals surface area contributed by atoms with Crippen molar-refractivity contribution in [3.63, 3.8) is 0 Å². The number of nitrogens with zero attached hydrogens (tertiary/aromatic N) is 1. The summed E-state index contributed by atoms with van der Waals surface area (Å²) in [4.78, 5) is 16.8. The maximum absolute atomic E-state index is 12.3. The fourth-order valence-corrected chi connectivity index (χ4v) is 3.74. The van der Waals surface area contributed by atoms with E-state index in [1.165, 1.54) is 0 Å². The lowest BCUT2D eigenvalue weighted by atomic mass is 10.2. The number of carbonyl (C=O) groups is 1. The molecule has 0 aliphatic rings. The molecule has 0 fully saturated rings. The number of hydrogen-bond donors (Lipinski definition) is 1. The molecule has 6 nitrogen and oxygen atoms in total. The van der Waals surface area contributed by atoms with Crippen molar-refractivity contribution in [3.05, 3.63) is 75.4 Å². The SMILES string of the molecule is CCOc1ccc(N=Cc2cc(I)c(OCC(=O)Nc3cccc(C)c3)c(OC)c2)cc1. The average molecular weight is 544 g/mol. The number of rotatable bonds is 9. The summed E-state index contributed by atoms with van der Waals surface area (Å²) in [6.45, 7) is 4.42. The van der Waals surface area contributed by atoms with Crippen molar-refractivity contribution in [2.24, 2.45) is 4.99 Å². The minimum atomic E-state index is -0.241. The molecule has 1 N–H and O–H groups in total. The lowest BCUT2D eigenvalue weighted by molar-refractivity contribution is -0.118. The Hall–Kier alpha value is -3.07. The molecule has 3 aromatic carbocycles. The van der Waals surface area contributed by atoms with E-state index in [9.17, 15) is 4.79 Å². The molecule has 3 rings (SSSR count). The highest BCUT2D eigenvalue weighted by Gasteiger charge is 2.13. The zero-order valence-electron chi connectivity index (χ0n) is 18.2. The molecular formula is C25H25IN2O4. The molecule has 0 bridgehead atoms. The van der Waals surface area contributed by atoms with E-state index in [-0.39, 0.29) is 12.5 Å². The smallest absolute Gasteiger partial charge is 0.262 e. The Morgan fingerprint density at radius 2 is 1.88 bits per heavy atom. The molecule has 0 saturated heterocycles. The second-order valence-electron chi connectivity index (χ2n) is 6.93. The molecule has 0 spiro atoms. The van der Waals surface area contributed by atoms with Crippen LogP contribution in [0.4, 0.5) is 11.4 Å². The van der Waals surface area contributed by atoms with Gasteiger partial charge < -0.3 is 19.5 Å². The predicted molar refractivity (Wildman–Crippen MR) is 136 cm³/mol. The van der Waals surface area contributed by atoms with E-state index >= 15 is 0 Å². The van der Waals surface area contributed by atoms with Gasteiger partial charge in [0.2, 0.25) is 0 Å². The van der Waals surface area contributed by atoms with Gasteiger partial charge in [0.1, 0.15) is 5.75 Å². The van der Waals surface area contributed by atoms with Crippen molar-refractivity contribution in [1.29, 1.82) is 0 Å². The van der Waals surface area contributed by atoms with Gasteiger partial charge in [0, 0.05) is 11.9 Å². The van der Waals surface area contributed by atoms with E-state index in [4.69, 9.17) is 14.2 Å². The molecule has 0 atom stereocenters. The van der Waals surface area contributed by atoms with Gasteiger partial charge in [-0.2, -0.15) is 0 Å². The van der Waals surface area contributed by atoms with Crippen LogP contribution in [0.25, 0.3) is 0 Å². The van der Waals surface area contributed by atoms with Gasteiger partial charge in [-0.25, -0.2) is 0 Å². The lowest BCUT2D eigenvalue weighted by Crippen LogP contribution is -2.20. The van der Waals surface area contributed by atoms with Crippen molar-refractivity contribution in [2.75, 3.05) is 25.6 Å². The van der Waals surface area contributed by atoms with Crippen LogP contribution >= 0.6 is 22.6 Å². The number of methoxy groups -OCH3 is 1. The molecule has 0 aromatic heterocycles. The van der Waals surface area contributed by atoms with Crippen molar-refractivity contribution in [2.45, 2.75) is 13.8 Å². The molecule has 7 heteroatoms. The summed E-state index contributed by atoms with van der Waals surface area (Å²) in [5.41, 5.74) is 3.48. The van der Waals surface area contributed by atoms with Crippen LogP contribution in [0, 0.1) is 10.5 Å². The monoisotopic (exact) mass is 544 g/mol. The van der Waals surface area contributed by atoms with E-state index in [0.29, 0.717) is 18.1 Å². The van der Waals surface area contributed by atoms with Gasteiger partial charge in [-0.3, -0.25) is 9.79 Å². The molecular weight excluding hydrogens is 519 g/mol. The number of aryl methyl sites for hydroxylation is 1. The highest BCUT2D eigenvalue weighted by molar-refractivity contribution is 14.1. The van der Waals surface area contributed by atoms with Gasteiger partial charge in [0.05, 0.1) is 23.0 Å². The van der Waals surface area contributed by atoms with E-state index in [1.807, 2.05) is 74.5 Å². The summed E-state index contributed by atoms with van der Waals surface area (Å²) in [7, 11) is 1.57. The quantitative estimate of drug-likeness (QED) is 0.274. The van der Waals surface area contributed by atoms with Crippen LogP contribution in [0.1, 0.15) is 18.1 Å². The largest absolute Gasteiger partial charge is 0.494 e. The molecule has 0 unspecified atom stereocenters. The van der Waals surface area contributed by atoms with Gasteiger partial charge in [0.15, 0.2) is 18.1 Å². The van der Waals surface area contributed by atoms with Crippen LogP contribution in [0.3, 0.4) is 0 Å². The van der Waals surface area contributed by atoms with Gasteiger partial charge in [0.25, 0.3) is 5.91 Å². The summed E-state index contributed by atoms with van der Waals surface area (Å²) < 4.78 is 17.5. The van der Waals surface area contributed by atoms with Crippen molar-refractivity contribution < 1.29 is 19.0 Å². The van der Waals surface area contributed by atoms with Gasteiger partial charge in [-0.15, -0.1) is 0 Å². The fourth-order valence-electron chi connectivity index (χ4n) is 2.96. The molecule has 0 aliphatic heterocycles. The fraction of sp³-hybridized carbons (Fsp3) is 0.200. The second kappa shape index (κ2) is 11.5. The standard InChI is InChI=1S/C25H25IN2O4/c1-4-31-21-10-8-19(9-11-21)27-15-18-13-22(26)25(23(14-18)30-3)32-16-24(29)28-20-7-5-6-17(2)12-20/h5-15H,4,16H2,1-3H3,(H,28,29). The Bertz CT molecular complexity index is 1100. The summed E-state index contributed by atoms with van der Waals surface area (Å²) in [5.74, 6) is 1.63. The van der Waals surface area contributed by atoms with Crippen LogP contribution in [0.15, 0.2) is 65.7 Å². The second-order valence-corrected chi connectivity index (χ2v) is 8.09. The number of anilines is 1. The van der Waals surface area contributed by atoms with E-state index in [2.05, 4.69) is 32.9 Å². The van der Waals surface area contributed by atoms with Crippen molar-refractivity contribution >= 4 is 46.1 Å². The first kappa shape index (κ1) is 23.6. The molecule has 0 radical (unpaired) electrons. The summed E-state index contributed by atoms with van der Waals surface area (Å²) in [6, 6.07) is 18.9. The zero-order valence-corrected chi connectivity index (χ0v) is 20.4. The predicted octanol–water partition coefficient (Wildman–Crippen LogP) is 5.78. The summed E-state index contributed by atoms with van der Waals surface area (Å²) in [5, 5.41) is 2.83. The normalized spacial score (nSPS) is 10.8. The van der Waals surface area contributed by atoms with E-state index in [0.717, 1.165) is 31.8 Å². The Labute approximate surface area is 201 Å². The first-order valence-corrected chi connectivity index (χ1v) is 11.2. The van der Waals surface area contributed by atoms with Crippen LogP contribution in [0.2, 0.25) is 0 Å². The third-order valence-electron chi connectivity index (χ3n) is 4.41. The molecule has 166 valence electrons. The Morgan fingerprint density at radius 1 is 1.09 bits per heavy atom. The number of benzene rings is 3. The number of amides is 1. The van der Waals surface area contributed by atoms with Gasteiger partial charge >= 0.3 is 0 Å². The number of nitrogens with one attached hydrogen (secondary N) is 1. The van der Waals surface area contributed by atoms with Crippen LogP contribution < -0.4 is 19.5 Å². The Morgan fingerprint density at radius 3 is 2.56 bits per heavy atom. The van der Waals surface area contributed by atoms with E-state index < -0.39 is 0 Å².